The Bertz CT molecular complexity index is 1860. The van der Waals surface area contributed by atoms with E-state index in [1.165, 1.54) is 44.8 Å². The van der Waals surface area contributed by atoms with Gasteiger partial charge in [-0.25, -0.2) is 0 Å². The lowest BCUT2D eigenvalue weighted by Crippen LogP contribution is -2.48. The van der Waals surface area contributed by atoms with Gasteiger partial charge in [-0.15, -0.1) is 6.58 Å². The van der Waals surface area contributed by atoms with Crippen molar-refractivity contribution in [2.75, 3.05) is 6.54 Å². The first kappa shape index (κ1) is 33.7. The van der Waals surface area contributed by atoms with E-state index < -0.39 is 0 Å². The first-order valence-corrected chi connectivity index (χ1v) is 19.5. The first-order chi connectivity index (χ1) is 25.2. The Morgan fingerprint density at radius 3 is 2.51 bits per heavy atom. The van der Waals surface area contributed by atoms with Crippen molar-refractivity contribution in [3.63, 3.8) is 0 Å². The summed E-state index contributed by atoms with van der Waals surface area (Å²) in [5, 5.41) is 0. The Balaban J connectivity index is 1.15. The molecule has 0 bridgehead atoms. The molecular formula is C49H53NO. The van der Waals surface area contributed by atoms with Gasteiger partial charge in [0.2, 0.25) is 0 Å². The highest BCUT2D eigenvalue weighted by molar-refractivity contribution is 5.75. The van der Waals surface area contributed by atoms with Crippen molar-refractivity contribution in [2.45, 2.75) is 82.4 Å². The van der Waals surface area contributed by atoms with Gasteiger partial charge in [0.1, 0.15) is 11.9 Å². The molecule has 0 N–H and O–H groups in total. The summed E-state index contributed by atoms with van der Waals surface area (Å²) in [7, 11) is 0. The summed E-state index contributed by atoms with van der Waals surface area (Å²) in [5.74, 6) is 2.29. The molecule has 6 unspecified atom stereocenters. The van der Waals surface area contributed by atoms with Crippen LogP contribution in [0.3, 0.4) is 0 Å². The van der Waals surface area contributed by atoms with Gasteiger partial charge in [0.15, 0.2) is 0 Å². The van der Waals surface area contributed by atoms with E-state index in [1.54, 1.807) is 5.57 Å². The fourth-order valence-electron chi connectivity index (χ4n) is 9.77. The van der Waals surface area contributed by atoms with Gasteiger partial charge in [-0.3, -0.25) is 4.90 Å². The van der Waals surface area contributed by atoms with Gasteiger partial charge in [-0.1, -0.05) is 134 Å². The van der Waals surface area contributed by atoms with Crippen molar-refractivity contribution in [3.8, 4) is 0 Å². The minimum atomic E-state index is 0.105. The van der Waals surface area contributed by atoms with Crippen LogP contribution in [-0.2, 0) is 4.74 Å². The molecule has 260 valence electrons. The van der Waals surface area contributed by atoms with Crippen LogP contribution < -0.4 is 0 Å². The van der Waals surface area contributed by atoms with Gasteiger partial charge < -0.3 is 4.74 Å². The number of allylic oxidation sites excluding steroid dienone is 17. The van der Waals surface area contributed by atoms with E-state index in [4.69, 9.17) is 11.3 Å². The normalized spacial score (nSPS) is 31.0. The summed E-state index contributed by atoms with van der Waals surface area (Å²) in [6, 6.07) is 11.3. The number of nitrogens with zero attached hydrogens (tertiary/aromatic N) is 1. The molecule has 1 aliphatic heterocycles. The Hall–Kier alpha value is -4.40. The molecular weight excluding hydrogens is 619 g/mol. The largest absolute Gasteiger partial charge is 0.490 e. The van der Waals surface area contributed by atoms with Gasteiger partial charge in [-0.2, -0.15) is 0 Å². The third-order valence-corrected chi connectivity index (χ3v) is 12.3. The number of benzene rings is 1. The molecule has 0 fully saturated rings. The van der Waals surface area contributed by atoms with Crippen molar-refractivity contribution in [1.82, 2.24) is 4.90 Å². The molecule has 7 aliphatic rings. The van der Waals surface area contributed by atoms with Crippen molar-refractivity contribution in [2.24, 2.45) is 17.8 Å². The highest BCUT2D eigenvalue weighted by Crippen LogP contribution is 2.48. The van der Waals surface area contributed by atoms with E-state index in [-0.39, 0.29) is 12.1 Å². The maximum absolute atomic E-state index is 6.75. The quantitative estimate of drug-likeness (QED) is 0.255. The van der Waals surface area contributed by atoms with Crippen LogP contribution in [0.4, 0.5) is 0 Å². The Kier molecular flexibility index (Phi) is 10.2. The average Bonchev–Trinajstić information content (AvgIpc) is 3.55. The lowest BCUT2D eigenvalue weighted by Gasteiger charge is -2.44. The Morgan fingerprint density at radius 1 is 0.804 bits per heavy atom. The predicted molar refractivity (Wildman–Crippen MR) is 215 cm³/mol. The van der Waals surface area contributed by atoms with Crippen LogP contribution in [0.25, 0.3) is 5.57 Å². The second-order valence-corrected chi connectivity index (χ2v) is 15.2. The fraction of sp³-hybridized carbons (Fsp3) is 0.347. The molecule has 0 spiro atoms. The van der Waals surface area contributed by atoms with Crippen LogP contribution in [0.15, 0.2) is 180 Å². The molecule has 6 atom stereocenters. The second-order valence-electron chi connectivity index (χ2n) is 15.2. The number of hydrogen-bond donors (Lipinski definition) is 0. The molecule has 0 saturated heterocycles. The number of rotatable bonds is 8. The zero-order valence-electron chi connectivity index (χ0n) is 30.1. The maximum atomic E-state index is 6.75. The van der Waals surface area contributed by atoms with Gasteiger partial charge in [0, 0.05) is 36.9 Å². The standard InChI is InChI=1S/C49H53NO/c1-3-46(42-33-30-38-20-13-15-22-41(38)35(42)2)50(40-31-28-37(29-32-40)36-18-9-8-10-19-36)34-39-21-14-16-23-43(39)44-25-17-27-48-49(44)45-24-11-6-4-5-7-12-26-47(45)51-48/h3-11,13,16-20,23-24,27-29,31,40,42,44,46,48-49H,1-2,12,14-15,21-22,25-26,30,32-34H2/b6-4-,7-5-,24-11+. The molecule has 2 nitrogen and oxygen atoms in total. The van der Waals surface area contributed by atoms with E-state index in [2.05, 4.69) is 139 Å². The summed E-state index contributed by atoms with van der Waals surface area (Å²) < 4.78 is 6.75. The number of hydrogen-bond acceptors (Lipinski definition) is 2. The molecule has 2 heteroatoms. The molecule has 0 saturated carbocycles. The summed E-state index contributed by atoms with van der Waals surface area (Å²) in [6.07, 6.45) is 48.0. The molecule has 1 heterocycles. The second kappa shape index (κ2) is 15.5. The van der Waals surface area contributed by atoms with Crippen molar-refractivity contribution in [1.29, 1.82) is 0 Å². The van der Waals surface area contributed by atoms with Crippen LogP contribution in [0.2, 0.25) is 0 Å². The van der Waals surface area contributed by atoms with Gasteiger partial charge in [0.25, 0.3) is 0 Å². The van der Waals surface area contributed by atoms with Crippen LogP contribution in [0.1, 0.15) is 69.8 Å². The van der Waals surface area contributed by atoms with Crippen LogP contribution in [-0.4, -0.2) is 29.6 Å². The first-order valence-electron chi connectivity index (χ1n) is 19.5. The van der Waals surface area contributed by atoms with Gasteiger partial charge in [0.05, 0.1) is 0 Å². The SMILES string of the molecule is C=CC(C1CCC2=C(CCC=C2)C1=C)N(CC1=C(C2CC=CC3OC4=C(/C=C/C=C\C=C/CC4)C32)C=CCC1)C1C=CC(c2ccccc2)=CC1. The lowest BCUT2D eigenvalue weighted by molar-refractivity contribution is 0.124. The molecule has 6 aliphatic carbocycles. The van der Waals surface area contributed by atoms with Crippen molar-refractivity contribution >= 4 is 5.57 Å². The molecule has 0 amide bonds. The van der Waals surface area contributed by atoms with E-state index >= 15 is 0 Å². The monoisotopic (exact) mass is 671 g/mol. The summed E-state index contributed by atoms with van der Waals surface area (Å²) in [6.45, 7) is 10.3. The molecule has 0 aromatic heterocycles. The van der Waals surface area contributed by atoms with E-state index in [0.717, 1.165) is 70.8 Å². The molecule has 1 aromatic rings. The summed E-state index contributed by atoms with van der Waals surface area (Å²) >= 11 is 0. The molecule has 0 radical (unpaired) electrons. The van der Waals surface area contributed by atoms with E-state index in [1.807, 2.05) is 0 Å². The van der Waals surface area contributed by atoms with Crippen molar-refractivity contribution in [3.05, 3.63) is 185 Å². The maximum Gasteiger partial charge on any atom is 0.124 e. The smallest absolute Gasteiger partial charge is 0.124 e. The summed E-state index contributed by atoms with van der Waals surface area (Å²) in [4.78, 5) is 2.81. The molecule has 51 heavy (non-hydrogen) atoms. The van der Waals surface area contributed by atoms with E-state index in [0.29, 0.717) is 23.8 Å². The van der Waals surface area contributed by atoms with Crippen molar-refractivity contribution < 1.29 is 4.74 Å². The zero-order valence-corrected chi connectivity index (χ0v) is 30.1. The van der Waals surface area contributed by atoms with Crippen LogP contribution in [0, 0.1) is 17.8 Å². The number of fused-ring (bicyclic) bond motifs is 2. The highest BCUT2D eigenvalue weighted by Gasteiger charge is 2.43. The minimum absolute atomic E-state index is 0.105. The average molecular weight is 672 g/mol. The zero-order chi connectivity index (χ0) is 34.6. The summed E-state index contributed by atoms with van der Waals surface area (Å²) in [5.41, 5.74) is 11.5. The van der Waals surface area contributed by atoms with Crippen LogP contribution in [0.5, 0.6) is 0 Å². The Labute approximate surface area is 306 Å². The molecule has 8 rings (SSSR count). The Morgan fingerprint density at radius 2 is 1.65 bits per heavy atom. The topological polar surface area (TPSA) is 12.5 Å². The molecule has 1 aromatic carbocycles. The van der Waals surface area contributed by atoms with E-state index in [9.17, 15) is 0 Å². The highest BCUT2D eigenvalue weighted by atomic mass is 16.5. The number of ether oxygens (including phenoxy) is 1. The lowest BCUT2D eigenvalue weighted by atomic mass is 9.70. The third-order valence-electron chi connectivity index (χ3n) is 12.3. The predicted octanol–water partition coefficient (Wildman–Crippen LogP) is 11.8. The fourth-order valence-corrected chi connectivity index (χ4v) is 9.77. The van der Waals surface area contributed by atoms with Crippen LogP contribution >= 0.6 is 0 Å². The van der Waals surface area contributed by atoms with Gasteiger partial charge in [-0.05, 0) is 109 Å². The minimum Gasteiger partial charge on any atom is -0.490 e. The van der Waals surface area contributed by atoms with Gasteiger partial charge >= 0.3 is 0 Å². The third kappa shape index (κ3) is 6.96.